The number of amides is 3. The van der Waals surface area contributed by atoms with E-state index < -0.39 is 29.8 Å². The van der Waals surface area contributed by atoms with Gasteiger partial charge >= 0.3 is 17.7 Å². The zero-order valence-electron chi connectivity index (χ0n) is 7.04. The molecule has 0 aromatic carbocycles. The van der Waals surface area contributed by atoms with Gasteiger partial charge in [-0.05, 0) is 0 Å². The third kappa shape index (κ3) is 1.29. The largest absolute Gasteiger partial charge is 0.466 e. The zero-order valence-corrected chi connectivity index (χ0v) is 7.04. The Balaban J connectivity index is 3.01. The lowest BCUT2D eigenvalue weighted by molar-refractivity contribution is -0.172. The molecule has 14 heavy (non-hydrogen) atoms. The van der Waals surface area contributed by atoms with Crippen LogP contribution in [0, 0.1) is 0 Å². The molecule has 78 valence electrons. The molecule has 1 heterocycles. The summed E-state index contributed by atoms with van der Waals surface area (Å²) in [5, 5.41) is 12.1. The fourth-order valence-corrected chi connectivity index (χ4v) is 0.931. The van der Waals surface area contributed by atoms with Crippen LogP contribution in [-0.4, -0.2) is 42.0 Å². The number of hydrogen-bond donors (Lipinski definition) is 3. The number of rotatable bonds is 1. The SMILES string of the molecule is COC(=O)C1(F)C(=O)NC(=O)NC1O. The summed E-state index contributed by atoms with van der Waals surface area (Å²) in [6.45, 7) is 0. The molecule has 1 saturated heterocycles. The average Bonchev–Trinajstić information content (AvgIpc) is 2.12. The van der Waals surface area contributed by atoms with E-state index in [1.54, 1.807) is 5.32 Å². The molecule has 0 aromatic rings. The summed E-state index contributed by atoms with van der Waals surface area (Å²) in [4.78, 5) is 32.3. The second-order valence-electron chi connectivity index (χ2n) is 2.53. The molecule has 8 heteroatoms. The summed E-state index contributed by atoms with van der Waals surface area (Å²) in [6.07, 6.45) is -2.25. The van der Waals surface area contributed by atoms with Gasteiger partial charge in [-0.15, -0.1) is 0 Å². The number of urea groups is 1. The molecule has 2 unspecified atom stereocenters. The van der Waals surface area contributed by atoms with Crippen molar-refractivity contribution in [2.45, 2.75) is 11.9 Å². The van der Waals surface area contributed by atoms with Gasteiger partial charge in [0, 0.05) is 0 Å². The summed E-state index contributed by atoms with van der Waals surface area (Å²) in [7, 11) is 0.847. The molecule has 0 spiro atoms. The summed E-state index contributed by atoms with van der Waals surface area (Å²) in [5.41, 5.74) is -3.30. The Morgan fingerprint density at radius 1 is 1.64 bits per heavy atom. The maximum absolute atomic E-state index is 13.6. The van der Waals surface area contributed by atoms with E-state index in [-0.39, 0.29) is 0 Å². The van der Waals surface area contributed by atoms with E-state index >= 15 is 0 Å². The Bertz CT molecular complexity index is 307. The van der Waals surface area contributed by atoms with E-state index in [0.717, 1.165) is 7.11 Å². The lowest BCUT2D eigenvalue weighted by Gasteiger charge is -2.30. The van der Waals surface area contributed by atoms with Gasteiger partial charge in [0.2, 0.25) is 0 Å². The number of aliphatic hydroxyl groups is 1. The highest BCUT2D eigenvalue weighted by atomic mass is 19.1. The van der Waals surface area contributed by atoms with E-state index in [4.69, 9.17) is 5.11 Å². The van der Waals surface area contributed by atoms with Crippen LogP contribution < -0.4 is 10.6 Å². The molecule has 2 atom stereocenters. The minimum Gasteiger partial charge on any atom is -0.466 e. The summed E-state index contributed by atoms with van der Waals surface area (Å²) < 4.78 is 17.6. The summed E-state index contributed by atoms with van der Waals surface area (Å²) in [6, 6.07) is -1.08. The Kier molecular flexibility index (Phi) is 2.39. The number of esters is 1. The van der Waals surface area contributed by atoms with Crippen LogP contribution in [0.1, 0.15) is 0 Å². The van der Waals surface area contributed by atoms with Gasteiger partial charge in [-0.1, -0.05) is 0 Å². The lowest BCUT2D eigenvalue weighted by atomic mass is 10.0. The highest BCUT2D eigenvalue weighted by molar-refractivity contribution is 6.13. The number of nitrogens with one attached hydrogen (secondary N) is 2. The molecular weight excluding hydrogens is 199 g/mol. The Labute approximate surface area is 77.2 Å². The topological polar surface area (TPSA) is 105 Å². The molecule has 1 aliphatic heterocycles. The second kappa shape index (κ2) is 3.22. The molecule has 1 fully saturated rings. The van der Waals surface area contributed by atoms with Crippen LogP contribution in [0.5, 0.6) is 0 Å². The molecule has 0 saturated carbocycles. The maximum Gasteiger partial charge on any atom is 0.358 e. The molecule has 0 bridgehead atoms. The van der Waals surface area contributed by atoms with Gasteiger partial charge in [0.25, 0.3) is 5.91 Å². The van der Waals surface area contributed by atoms with Gasteiger partial charge in [0.1, 0.15) is 0 Å². The van der Waals surface area contributed by atoms with Crippen LogP contribution in [-0.2, 0) is 14.3 Å². The summed E-state index contributed by atoms with van der Waals surface area (Å²) >= 11 is 0. The number of ether oxygens (including phenoxy) is 1. The van der Waals surface area contributed by atoms with Crippen molar-refractivity contribution in [1.29, 1.82) is 0 Å². The monoisotopic (exact) mass is 206 g/mol. The van der Waals surface area contributed by atoms with Crippen molar-refractivity contribution in [1.82, 2.24) is 10.6 Å². The van der Waals surface area contributed by atoms with Gasteiger partial charge < -0.3 is 15.2 Å². The van der Waals surface area contributed by atoms with E-state index in [1.165, 1.54) is 5.32 Å². The van der Waals surface area contributed by atoms with Crippen LogP contribution >= 0.6 is 0 Å². The highest BCUT2D eigenvalue weighted by Crippen LogP contribution is 2.20. The first kappa shape index (κ1) is 10.4. The number of aliphatic hydroxyl groups excluding tert-OH is 1. The van der Waals surface area contributed by atoms with Crippen molar-refractivity contribution in [2.24, 2.45) is 0 Å². The Morgan fingerprint density at radius 2 is 2.21 bits per heavy atom. The van der Waals surface area contributed by atoms with Gasteiger partial charge in [0.05, 0.1) is 7.11 Å². The molecule has 0 radical (unpaired) electrons. The molecule has 3 N–H and O–H groups in total. The van der Waals surface area contributed by atoms with Gasteiger partial charge in [0.15, 0.2) is 6.23 Å². The van der Waals surface area contributed by atoms with Crippen LogP contribution in [0.4, 0.5) is 9.18 Å². The van der Waals surface area contributed by atoms with E-state index in [9.17, 15) is 18.8 Å². The molecule has 7 nitrogen and oxygen atoms in total. The van der Waals surface area contributed by atoms with Crippen LogP contribution in [0.2, 0.25) is 0 Å². The molecule has 0 aromatic heterocycles. The number of hydrogen-bond acceptors (Lipinski definition) is 5. The first-order chi connectivity index (χ1) is 6.42. The third-order valence-corrected chi connectivity index (χ3v) is 1.68. The fourth-order valence-electron chi connectivity index (χ4n) is 0.931. The fraction of sp³-hybridized carbons (Fsp3) is 0.500. The van der Waals surface area contributed by atoms with Crippen LogP contribution in [0.15, 0.2) is 0 Å². The van der Waals surface area contributed by atoms with E-state index in [0.29, 0.717) is 0 Å². The van der Waals surface area contributed by atoms with Crippen LogP contribution in [0.3, 0.4) is 0 Å². The minimum absolute atomic E-state index is 0.847. The number of imide groups is 1. The normalized spacial score (nSPS) is 31.8. The standard InChI is InChI=1S/C6H7FN2O5/c1-14-4(12)6(7)2(10)8-5(13)9-3(6)11/h2,10H,1H3,(H2,8,9,11,13). The lowest BCUT2D eigenvalue weighted by Crippen LogP contribution is -2.70. The van der Waals surface area contributed by atoms with Crippen molar-refractivity contribution in [3.05, 3.63) is 0 Å². The Morgan fingerprint density at radius 3 is 2.64 bits per heavy atom. The zero-order chi connectivity index (χ0) is 10.9. The number of methoxy groups -OCH3 is 1. The van der Waals surface area contributed by atoms with Gasteiger partial charge in [-0.3, -0.25) is 10.1 Å². The predicted octanol–water partition coefficient (Wildman–Crippen LogP) is -1.97. The number of alkyl halides is 1. The smallest absolute Gasteiger partial charge is 0.358 e. The first-order valence-corrected chi connectivity index (χ1v) is 3.50. The summed E-state index contributed by atoms with van der Waals surface area (Å²) in [5.74, 6) is -3.14. The molecular formula is C6H7FN2O5. The predicted molar refractivity (Wildman–Crippen MR) is 38.5 cm³/mol. The van der Waals surface area contributed by atoms with E-state index in [1.807, 2.05) is 0 Å². The first-order valence-electron chi connectivity index (χ1n) is 3.50. The number of carbonyl (C=O) groups is 3. The third-order valence-electron chi connectivity index (χ3n) is 1.68. The van der Waals surface area contributed by atoms with Gasteiger partial charge in [-0.25, -0.2) is 14.0 Å². The molecule has 1 aliphatic rings. The van der Waals surface area contributed by atoms with Crippen LogP contribution in [0.25, 0.3) is 0 Å². The highest BCUT2D eigenvalue weighted by Gasteiger charge is 2.58. The number of carbonyl (C=O) groups excluding carboxylic acids is 3. The van der Waals surface area contributed by atoms with Crippen molar-refractivity contribution < 1.29 is 28.6 Å². The average molecular weight is 206 g/mol. The van der Waals surface area contributed by atoms with Crippen molar-refractivity contribution in [3.8, 4) is 0 Å². The minimum atomic E-state index is -3.30. The number of halogens is 1. The quantitative estimate of drug-likeness (QED) is 0.341. The van der Waals surface area contributed by atoms with Crippen molar-refractivity contribution in [3.63, 3.8) is 0 Å². The van der Waals surface area contributed by atoms with Crippen molar-refractivity contribution in [2.75, 3.05) is 7.11 Å². The van der Waals surface area contributed by atoms with Crippen molar-refractivity contribution >= 4 is 17.9 Å². The van der Waals surface area contributed by atoms with E-state index in [2.05, 4.69) is 4.74 Å². The Hall–Kier alpha value is -1.70. The van der Waals surface area contributed by atoms with Gasteiger partial charge in [-0.2, -0.15) is 0 Å². The second-order valence-corrected chi connectivity index (χ2v) is 2.53. The maximum atomic E-state index is 13.6. The molecule has 3 amide bonds. The molecule has 0 aliphatic carbocycles. The molecule has 1 rings (SSSR count).